The maximum Gasteiger partial charge on any atom is 0.343 e. The first-order valence-electron chi connectivity index (χ1n) is 9.95. The van der Waals surface area contributed by atoms with Gasteiger partial charge in [0, 0.05) is 18.4 Å². The minimum atomic E-state index is -0.499. The third-order valence-corrected chi connectivity index (χ3v) is 5.93. The van der Waals surface area contributed by atoms with Gasteiger partial charge in [-0.05, 0) is 57.4 Å². The molecule has 0 saturated heterocycles. The molecule has 5 heteroatoms. The quantitative estimate of drug-likeness (QED) is 0.449. The second-order valence-electron chi connectivity index (χ2n) is 8.31. The number of hydrogen-bond donors (Lipinski definition) is 1. The van der Waals surface area contributed by atoms with Crippen LogP contribution in [0.3, 0.4) is 0 Å². The molecule has 29 heavy (non-hydrogen) atoms. The van der Waals surface area contributed by atoms with Crippen molar-refractivity contribution in [3.8, 4) is 11.5 Å². The van der Waals surface area contributed by atoms with Crippen molar-refractivity contribution in [2.24, 2.45) is 0 Å². The van der Waals surface area contributed by atoms with Crippen molar-refractivity contribution in [2.75, 3.05) is 0 Å². The summed E-state index contributed by atoms with van der Waals surface area (Å²) in [4.78, 5) is 12.6. The summed E-state index contributed by atoms with van der Waals surface area (Å²) in [5, 5.41) is 10.4. The third-order valence-electron chi connectivity index (χ3n) is 5.93. The van der Waals surface area contributed by atoms with Gasteiger partial charge in [0.05, 0.1) is 17.2 Å². The molecule has 1 aliphatic rings. The Hall–Kier alpha value is -2.95. The molecule has 0 fully saturated rings. The highest BCUT2D eigenvalue weighted by molar-refractivity contribution is 5.86. The SMILES string of the molecule is CC(=CCC[C@@]1(C)Oc2c(c(=O)oc3cc(O)ccc23)[C@H]1C)Cc1cc(C)co1. The van der Waals surface area contributed by atoms with Gasteiger partial charge >= 0.3 is 5.63 Å². The van der Waals surface area contributed by atoms with Crippen LogP contribution in [0.1, 0.15) is 56.4 Å². The Kier molecular flexibility index (Phi) is 4.77. The lowest BCUT2D eigenvalue weighted by Gasteiger charge is -2.28. The Balaban J connectivity index is 1.53. The van der Waals surface area contributed by atoms with Crippen molar-refractivity contribution in [2.45, 2.75) is 58.5 Å². The summed E-state index contributed by atoms with van der Waals surface area (Å²) < 4.78 is 17.3. The lowest BCUT2D eigenvalue weighted by Crippen LogP contribution is -2.33. The van der Waals surface area contributed by atoms with Crippen LogP contribution in [0, 0.1) is 6.92 Å². The average molecular weight is 394 g/mol. The molecule has 3 heterocycles. The topological polar surface area (TPSA) is 72.8 Å². The molecule has 0 bridgehead atoms. The molecule has 5 nitrogen and oxygen atoms in total. The Morgan fingerprint density at radius 2 is 2.10 bits per heavy atom. The second-order valence-corrected chi connectivity index (χ2v) is 8.31. The van der Waals surface area contributed by atoms with Gasteiger partial charge in [0.1, 0.15) is 28.4 Å². The van der Waals surface area contributed by atoms with E-state index in [4.69, 9.17) is 13.6 Å². The molecule has 1 aliphatic heterocycles. The van der Waals surface area contributed by atoms with Crippen LogP contribution in [0.25, 0.3) is 11.0 Å². The smallest absolute Gasteiger partial charge is 0.343 e. The van der Waals surface area contributed by atoms with Crippen LogP contribution in [0.5, 0.6) is 11.5 Å². The number of fused-ring (bicyclic) bond motifs is 3. The number of rotatable bonds is 5. The summed E-state index contributed by atoms with van der Waals surface area (Å²) in [6, 6.07) is 6.82. The summed E-state index contributed by atoms with van der Waals surface area (Å²) in [6.07, 6.45) is 6.38. The minimum Gasteiger partial charge on any atom is -0.508 e. The van der Waals surface area contributed by atoms with Crippen molar-refractivity contribution in [3.05, 3.63) is 69.5 Å². The molecule has 0 radical (unpaired) electrons. The minimum absolute atomic E-state index is 0.0572. The Bertz CT molecular complexity index is 1150. The van der Waals surface area contributed by atoms with Gasteiger partial charge in [-0.3, -0.25) is 0 Å². The Labute approximate surface area is 169 Å². The fraction of sp³-hybridized carbons (Fsp3) is 0.375. The third kappa shape index (κ3) is 3.57. The van der Waals surface area contributed by atoms with Crippen LogP contribution in [0.4, 0.5) is 0 Å². The molecule has 1 aromatic carbocycles. The van der Waals surface area contributed by atoms with Crippen LogP contribution in [-0.2, 0) is 6.42 Å². The summed E-state index contributed by atoms with van der Waals surface area (Å²) in [7, 11) is 0. The average Bonchev–Trinajstić information content (AvgIpc) is 3.16. The van der Waals surface area contributed by atoms with Crippen molar-refractivity contribution in [1.82, 2.24) is 0 Å². The van der Waals surface area contributed by atoms with Gasteiger partial charge in [-0.15, -0.1) is 0 Å². The summed E-state index contributed by atoms with van der Waals surface area (Å²) in [5.41, 5.74) is 2.40. The molecule has 0 aliphatic carbocycles. The van der Waals surface area contributed by atoms with E-state index < -0.39 is 11.2 Å². The van der Waals surface area contributed by atoms with Crippen LogP contribution in [0.2, 0.25) is 0 Å². The molecule has 0 amide bonds. The van der Waals surface area contributed by atoms with Crippen LogP contribution < -0.4 is 10.4 Å². The second kappa shape index (κ2) is 7.14. The van der Waals surface area contributed by atoms with E-state index in [1.807, 2.05) is 20.8 Å². The van der Waals surface area contributed by atoms with Crippen molar-refractivity contribution in [1.29, 1.82) is 0 Å². The number of furan rings is 1. The lowest BCUT2D eigenvalue weighted by molar-refractivity contribution is 0.0862. The zero-order valence-electron chi connectivity index (χ0n) is 17.2. The zero-order valence-corrected chi connectivity index (χ0v) is 17.2. The van der Waals surface area contributed by atoms with Crippen LogP contribution in [-0.4, -0.2) is 10.7 Å². The van der Waals surface area contributed by atoms with E-state index in [0.717, 1.165) is 30.6 Å². The van der Waals surface area contributed by atoms with Gasteiger partial charge in [-0.25, -0.2) is 4.79 Å². The molecular formula is C24H26O5. The highest BCUT2D eigenvalue weighted by Crippen LogP contribution is 2.48. The molecule has 152 valence electrons. The molecule has 0 unspecified atom stereocenters. The summed E-state index contributed by atoms with van der Waals surface area (Å²) in [5.74, 6) is 1.51. The van der Waals surface area contributed by atoms with Crippen LogP contribution >= 0.6 is 0 Å². The first-order valence-corrected chi connectivity index (χ1v) is 9.95. The fourth-order valence-corrected chi connectivity index (χ4v) is 4.09. The van der Waals surface area contributed by atoms with Gasteiger partial charge < -0.3 is 18.7 Å². The Morgan fingerprint density at radius 3 is 2.83 bits per heavy atom. The Morgan fingerprint density at radius 1 is 1.31 bits per heavy atom. The monoisotopic (exact) mass is 394 g/mol. The molecule has 0 spiro atoms. The number of aryl methyl sites for hydroxylation is 1. The summed E-state index contributed by atoms with van der Waals surface area (Å²) >= 11 is 0. The first kappa shape index (κ1) is 19.4. The van der Waals surface area contributed by atoms with Crippen molar-refractivity contribution >= 4 is 11.0 Å². The number of phenolic OH excluding ortho intramolecular Hbond substituents is 1. The van der Waals surface area contributed by atoms with Gasteiger partial charge in [-0.1, -0.05) is 18.6 Å². The number of aromatic hydroxyl groups is 1. The van der Waals surface area contributed by atoms with Crippen molar-refractivity contribution in [3.63, 3.8) is 0 Å². The largest absolute Gasteiger partial charge is 0.508 e. The van der Waals surface area contributed by atoms with E-state index in [-0.39, 0.29) is 11.7 Å². The molecule has 0 saturated carbocycles. The van der Waals surface area contributed by atoms with E-state index >= 15 is 0 Å². The standard InChI is InChI=1S/C24H26O5/c1-14(10-18-11-15(2)13-27-18)6-5-9-24(4)16(3)21-22(29-24)19-8-7-17(25)12-20(19)28-23(21)26/h6-8,11-13,16,25H,5,9-10H2,1-4H3/t16-,24-/m1/s1. The van der Waals surface area contributed by atoms with E-state index in [1.165, 1.54) is 11.6 Å². The number of phenols is 1. The molecular weight excluding hydrogens is 368 g/mol. The van der Waals surface area contributed by atoms with E-state index in [9.17, 15) is 9.90 Å². The van der Waals surface area contributed by atoms with Gasteiger partial charge in [-0.2, -0.15) is 0 Å². The zero-order chi connectivity index (χ0) is 20.8. The maximum atomic E-state index is 12.6. The molecule has 2 atom stereocenters. The van der Waals surface area contributed by atoms with E-state index in [1.54, 1.807) is 18.4 Å². The van der Waals surface area contributed by atoms with E-state index in [0.29, 0.717) is 22.3 Å². The normalized spacial score (nSPS) is 21.4. The number of allylic oxidation sites excluding steroid dienone is 2. The first-order chi connectivity index (χ1) is 13.8. The molecule has 1 N–H and O–H groups in total. The molecule has 4 rings (SSSR count). The highest BCUT2D eigenvalue weighted by atomic mass is 16.5. The van der Waals surface area contributed by atoms with Gasteiger partial charge in [0.15, 0.2) is 0 Å². The van der Waals surface area contributed by atoms with Crippen LogP contribution in [0.15, 0.2) is 55.8 Å². The number of ether oxygens (including phenoxy) is 1. The summed E-state index contributed by atoms with van der Waals surface area (Å²) in [6.45, 7) is 8.17. The predicted octanol–water partition coefficient (Wildman–Crippen LogP) is 5.62. The molecule has 3 aromatic rings. The lowest BCUT2D eigenvalue weighted by atomic mass is 9.84. The number of benzene rings is 1. The molecule has 2 aromatic heterocycles. The van der Waals surface area contributed by atoms with Gasteiger partial charge in [0.2, 0.25) is 0 Å². The van der Waals surface area contributed by atoms with E-state index in [2.05, 4.69) is 19.1 Å². The predicted molar refractivity (Wildman–Crippen MR) is 112 cm³/mol. The maximum absolute atomic E-state index is 12.6. The van der Waals surface area contributed by atoms with Gasteiger partial charge in [0.25, 0.3) is 0 Å². The highest BCUT2D eigenvalue weighted by Gasteiger charge is 2.44. The fourth-order valence-electron chi connectivity index (χ4n) is 4.09. The van der Waals surface area contributed by atoms with Crippen molar-refractivity contribution < 1.29 is 18.7 Å². The number of hydrogen-bond acceptors (Lipinski definition) is 5.